The van der Waals surface area contributed by atoms with Crippen molar-refractivity contribution in [3.8, 4) is 5.75 Å². The average Bonchev–Trinajstić information content (AvgIpc) is 3.05. The Morgan fingerprint density at radius 1 is 1.20 bits per heavy atom. The molecule has 2 aliphatic heterocycles. The summed E-state index contributed by atoms with van der Waals surface area (Å²) in [5, 5.41) is 5.55. The highest BCUT2D eigenvalue weighted by Gasteiger charge is 2.52. The first-order chi connectivity index (χ1) is 14.2. The number of sulfonamides is 1. The van der Waals surface area contributed by atoms with E-state index >= 15 is 0 Å². The Labute approximate surface area is 173 Å². The largest absolute Gasteiger partial charge is 0.494 e. The zero-order valence-corrected chi connectivity index (χ0v) is 17.1. The topological polar surface area (TPSA) is 105 Å². The first-order valence-electron chi connectivity index (χ1n) is 9.22. The number of methoxy groups -OCH3 is 1. The normalized spacial score (nSPS) is 24.2. The summed E-state index contributed by atoms with van der Waals surface area (Å²) in [6.07, 6.45) is 0. The van der Waals surface area contributed by atoms with Crippen molar-refractivity contribution in [2.45, 2.75) is 17.4 Å². The molecule has 2 aliphatic rings. The van der Waals surface area contributed by atoms with Crippen molar-refractivity contribution >= 4 is 27.5 Å². The Bertz CT molecular complexity index is 1150. The van der Waals surface area contributed by atoms with E-state index in [1.165, 1.54) is 19.2 Å². The van der Waals surface area contributed by atoms with Crippen molar-refractivity contribution in [3.05, 3.63) is 53.8 Å². The van der Waals surface area contributed by atoms with Gasteiger partial charge in [0.05, 0.1) is 34.7 Å². The monoisotopic (exact) mass is 433 g/mol. The molecule has 2 amide bonds. The average molecular weight is 433 g/mol. The van der Waals surface area contributed by atoms with Gasteiger partial charge in [-0.1, -0.05) is 12.1 Å². The standard InChI is InChI=1S/C20H20FN3O5S/c1-20-11-24(30(27,28)12-7-8-17(29-2)15(21)9-12)10-14(20)19(26)22-16-6-4-3-5-13(16)18(25)23-20/h3-9,14H,10-11H2,1-2H3,(H,22,26)(H,23,25)/t14-,20-/m0/s1. The maximum atomic E-state index is 14.1. The number of nitrogens with zero attached hydrogens (tertiary/aromatic N) is 1. The van der Waals surface area contributed by atoms with Gasteiger partial charge in [-0.05, 0) is 37.3 Å². The van der Waals surface area contributed by atoms with E-state index in [-0.39, 0.29) is 23.7 Å². The van der Waals surface area contributed by atoms with E-state index in [2.05, 4.69) is 10.6 Å². The number of rotatable bonds is 3. The number of nitrogens with one attached hydrogen (secondary N) is 2. The van der Waals surface area contributed by atoms with Gasteiger partial charge in [-0.3, -0.25) is 9.59 Å². The van der Waals surface area contributed by atoms with E-state index in [1.54, 1.807) is 31.2 Å². The van der Waals surface area contributed by atoms with Gasteiger partial charge in [0.2, 0.25) is 15.9 Å². The highest BCUT2D eigenvalue weighted by Crippen LogP contribution is 2.35. The summed E-state index contributed by atoms with van der Waals surface area (Å²) in [5.41, 5.74) is -0.475. The van der Waals surface area contributed by atoms with Crippen molar-refractivity contribution in [3.63, 3.8) is 0 Å². The number of amides is 2. The summed E-state index contributed by atoms with van der Waals surface area (Å²) in [6, 6.07) is 9.91. The van der Waals surface area contributed by atoms with Crippen LogP contribution >= 0.6 is 0 Å². The first-order valence-corrected chi connectivity index (χ1v) is 10.7. The molecule has 2 aromatic carbocycles. The predicted octanol–water partition coefficient (Wildman–Crippen LogP) is 1.60. The number of carbonyl (C=O) groups is 2. The van der Waals surface area contributed by atoms with Crippen LogP contribution in [0.1, 0.15) is 17.3 Å². The molecular formula is C20H20FN3O5S. The van der Waals surface area contributed by atoms with Crippen LogP contribution in [0.3, 0.4) is 0 Å². The molecule has 10 heteroatoms. The van der Waals surface area contributed by atoms with E-state index in [0.29, 0.717) is 11.3 Å². The summed E-state index contributed by atoms with van der Waals surface area (Å²) in [7, 11) is -2.83. The lowest BCUT2D eigenvalue weighted by Gasteiger charge is -2.33. The third-order valence-corrected chi connectivity index (χ3v) is 7.37. The van der Waals surface area contributed by atoms with Gasteiger partial charge in [0.15, 0.2) is 11.6 Å². The molecule has 0 aromatic heterocycles. The molecule has 2 N–H and O–H groups in total. The molecule has 0 unspecified atom stereocenters. The van der Waals surface area contributed by atoms with Gasteiger partial charge in [0, 0.05) is 13.1 Å². The Balaban J connectivity index is 1.69. The Morgan fingerprint density at radius 3 is 2.63 bits per heavy atom. The van der Waals surface area contributed by atoms with Gasteiger partial charge in [-0.15, -0.1) is 0 Å². The number of para-hydroxylation sites is 1. The minimum atomic E-state index is -4.11. The van der Waals surface area contributed by atoms with E-state index in [1.807, 2.05) is 0 Å². The number of ether oxygens (including phenoxy) is 1. The van der Waals surface area contributed by atoms with Gasteiger partial charge in [0.25, 0.3) is 5.91 Å². The molecule has 4 rings (SSSR count). The zero-order valence-electron chi connectivity index (χ0n) is 16.3. The number of carbonyl (C=O) groups excluding carboxylic acids is 2. The predicted molar refractivity (Wildman–Crippen MR) is 106 cm³/mol. The fourth-order valence-electron chi connectivity index (χ4n) is 3.92. The number of fused-ring (bicyclic) bond motifs is 2. The van der Waals surface area contributed by atoms with Crippen LogP contribution in [0.5, 0.6) is 5.75 Å². The second-order valence-electron chi connectivity index (χ2n) is 7.55. The summed E-state index contributed by atoms with van der Waals surface area (Å²) >= 11 is 0. The van der Waals surface area contributed by atoms with Gasteiger partial charge in [-0.2, -0.15) is 4.31 Å². The van der Waals surface area contributed by atoms with Gasteiger partial charge in [0.1, 0.15) is 0 Å². The van der Waals surface area contributed by atoms with Crippen LogP contribution < -0.4 is 15.4 Å². The molecule has 158 valence electrons. The molecular weight excluding hydrogens is 413 g/mol. The van der Waals surface area contributed by atoms with Crippen LogP contribution in [0.2, 0.25) is 0 Å². The number of benzene rings is 2. The molecule has 8 nitrogen and oxygen atoms in total. The highest BCUT2D eigenvalue weighted by molar-refractivity contribution is 7.89. The third-order valence-electron chi connectivity index (χ3n) is 5.57. The smallest absolute Gasteiger partial charge is 0.253 e. The molecule has 0 bridgehead atoms. The van der Waals surface area contributed by atoms with Crippen LogP contribution in [-0.4, -0.2) is 50.3 Å². The van der Waals surface area contributed by atoms with E-state index in [0.717, 1.165) is 10.4 Å². The number of hydrogen-bond donors (Lipinski definition) is 2. The van der Waals surface area contributed by atoms with Crippen molar-refractivity contribution in [1.82, 2.24) is 9.62 Å². The molecule has 0 spiro atoms. The zero-order chi connectivity index (χ0) is 21.7. The maximum absolute atomic E-state index is 14.1. The maximum Gasteiger partial charge on any atom is 0.253 e. The molecule has 2 aromatic rings. The van der Waals surface area contributed by atoms with E-state index < -0.39 is 39.1 Å². The summed E-state index contributed by atoms with van der Waals surface area (Å²) in [4.78, 5) is 25.4. The molecule has 1 fully saturated rings. The SMILES string of the molecule is COc1ccc(S(=O)(=O)N2C[C@H]3C(=O)Nc4ccccc4C(=O)N[C@@]3(C)C2)cc1F. The molecule has 0 radical (unpaired) electrons. The second kappa shape index (κ2) is 7.06. The van der Waals surface area contributed by atoms with Crippen molar-refractivity contribution in [1.29, 1.82) is 0 Å². The van der Waals surface area contributed by atoms with Crippen molar-refractivity contribution < 1.29 is 27.1 Å². The first kappa shape index (κ1) is 20.3. The number of halogens is 1. The molecule has 2 atom stereocenters. The molecule has 0 saturated carbocycles. The van der Waals surface area contributed by atoms with Crippen LogP contribution in [0.4, 0.5) is 10.1 Å². The van der Waals surface area contributed by atoms with Crippen molar-refractivity contribution in [2.75, 3.05) is 25.5 Å². The molecule has 2 heterocycles. The van der Waals surface area contributed by atoms with Gasteiger partial charge < -0.3 is 15.4 Å². The third kappa shape index (κ3) is 3.21. The Kier molecular flexibility index (Phi) is 4.78. The molecule has 0 aliphatic carbocycles. The van der Waals surface area contributed by atoms with E-state index in [4.69, 9.17) is 4.74 Å². The fraction of sp³-hybridized carbons (Fsp3) is 0.300. The minimum Gasteiger partial charge on any atom is -0.494 e. The van der Waals surface area contributed by atoms with E-state index in [9.17, 15) is 22.4 Å². The van der Waals surface area contributed by atoms with Crippen LogP contribution in [0.25, 0.3) is 0 Å². The molecule has 1 saturated heterocycles. The fourth-order valence-corrected chi connectivity index (χ4v) is 5.50. The lowest BCUT2D eigenvalue weighted by atomic mass is 9.86. The lowest BCUT2D eigenvalue weighted by molar-refractivity contribution is -0.120. The van der Waals surface area contributed by atoms with Crippen molar-refractivity contribution in [2.24, 2.45) is 5.92 Å². The second-order valence-corrected chi connectivity index (χ2v) is 9.49. The van der Waals surface area contributed by atoms with Crippen LogP contribution in [-0.2, 0) is 14.8 Å². The summed E-state index contributed by atoms with van der Waals surface area (Å²) < 4.78 is 46.3. The van der Waals surface area contributed by atoms with Crippen LogP contribution in [0.15, 0.2) is 47.4 Å². The highest BCUT2D eigenvalue weighted by atomic mass is 32.2. The van der Waals surface area contributed by atoms with Gasteiger partial charge in [-0.25, -0.2) is 12.8 Å². The minimum absolute atomic E-state index is 0.0756. The van der Waals surface area contributed by atoms with Crippen LogP contribution in [0, 0.1) is 11.7 Å². The summed E-state index contributed by atoms with van der Waals surface area (Å²) in [6.45, 7) is 1.35. The van der Waals surface area contributed by atoms with Gasteiger partial charge >= 0.3 is 0 Å². The quantitative estimate of drug-likeness (QED) is 0.765. The Morgan fingerprint density at radius 2 is 1.93 bits per heavy atom. The Hall–Kier alpha value is -2.98. The lowest BCUT2D eigenvalue weighted by Crippen LogP contribution is -2.56. The molecule has 30 heavy (non-hydrogen) atoms. The summed E-state index contributed by atoms with van der Waals surface area (Å²) in [5.74, 6) is -2.52. The number of hydrogen-bond acceptors (Lipinski definition) is 5. The number of anilines is 1.